The molecule has 1 aliphatic carbocycles. The third-order valence-corrected chi connectivity index (χ3v) is 13.8. The highest BCUT2D eigenvalue weighted by Gasteiger charge is 2.33. The molecule has 0 bridgehead atoms. The fourth-order valence-electron chi connectivity index (χ4n) is 3.42. The van der Waals surface area contributed by atoms with Gasteiger partial charge in [-0.3, -0.25) is 0 Å². The van der Waals surface area contributed by atoms with E-state index in [1.165, 1.54) is 18.1 Å². The fraction of sp³-hybridized carbons (Fsp3) is 0.842. The fourth-order valence-corrected chi connectivity index (χ4v) is 12.7. The molecule has 0 spiro atoms. The molecule has 3 atom stereocenters. The third-order valence-electron chi connectivity index (χ3n) is 5.19. The van der Waals surface area contributed by atoms with E-state index in [0.29, 0.717) is 11.5 Å². The van der Waals surface area contributed by atoms with Crippen molar-refractivity contribution in [2.75, 3.05) is 0 Å². The Kier molecular flexibility index (Phi) is 9.49. The Balaban J connectivity index is 2.30. The zero-order chi connectivity index (χ0) is 20.0. The number of rotatable bonds is 10. The Bertz CT molecular complexity index is 474. The van der Waals surface area contributed by atoms with E-state index in [4.69, 9.17) is 8.85 Å². The normalized spacial score (nSPS) is 24.8. The third kappa shape index (κ3) is 9.64. The van der Waals surface area contributed by atoms with E-state index in [-0.39, 0.29) is 15.9 Å². The smallest absolute Gasteiger partial charge is 0.333 e. The maximum absolute atomic E-state index is 11.6. The van der Waals surface area contributed by atoms with Crippen LogP contribution in [0.4, 0.5) is 0 Å². The first kappa shape index (κ1) is 23.8. The lowest BCUT2D eigenvalue weighted by Crippen LogP contribution is -2.38. The molecule has 0 heterocycles. The second-order valence-corrected chi connectivity index (χ2v) is 21.7. The molecule has 1 N–H and O–H groups in total. The highest BCUT2D eigenvalue weighted by atomic mass is 28.4. The van der Waals surface area contributed by atoms with Gasteiger partial charge >= 0.3 is 5.97 Å². The van der Waals surface area contributed by atoms with E-state index >= 15 is 0 Å². The molecule has 1 aliphatic rings. The summed E-state index contributed by atoms with van der Waals surface area (Å²) in [4.78, 5) is 11.6. The van der Waals surface area contributed by atoms with Gasteiger partial charge in [-0.15, -0.1) is 0 Å². The predicted octanol–water partition coefficient (Wildman–Crippen LogP) is 4.09. The van der Waals surface area contributed by atoms with E-state index < -0.39 is 28.5 Å². The highest BCUT2D eigenvalue weighted by Crippen LogP contribution is 2.32. The molecule has 7 heteroatoms. The molecule has 1 rings (SSSR count). The van der Waals surface area contributed by atoms with Crippen LogP contribution in [0.15, 0.2) is 12.2 Å². The van der Waals surface area contributed by atoms with Crippen LogP contribution in [0.5, 0.6) is 0 Å². The maximum Gasteiger partial charge on any atom is 0.333 e. The van der Waals surface area contributed by atoms with Crippen LogP contribution in [0.25, 0.3) is 0 Å². The summed E-state index contributed by atoms with van der Waals surface area (Å²) in [5.41, 5.74) is 0.391. The Labute approximate surface area is 164 Å². The minimum Gasteiger partial charge on any atom is -0.460 e. The second kappa shape index (κ2) is 10.4. The standard InChI is InChI=1S/C19H40O4Si3/c1-15(2)19(21)22-18-9-8-16(14-17(18)20)10-12-26(6,7)23-24-11-13-25(3,4)5/h16-18,20H,1,8-14,24H2,2-7H3. The van der Waals surface area contributed by atoms with Crippen LogP contribution < -0.4 is 0 Å². The van der Waals surface area contributed by atoms with Crippen molar-refractivity contribution in [2.24, 2.45) is 5.92 Å². The molecule has 0 saturated heterocycles. The minimum atomic E-state index is -1.57. The van der Waals surface area contributed by atoms with E-state index in [1.807, 2.05) is 0 Å². The average Bonchev–Trinajstić information content (AvgIpc) is 2.51. The first-order chi connectivity index (χ1) is 11.9. The van der Waals surface area contributed by atoms with Gasteiger partial charge < -0.3 is 14.0 Å². The molecule has 0 radical (unpaired) electrons. The van der Waals surface area contributed by atoms with Crippen molar-refractivity contribution < 1.29 is 18.8 Å². The molecular formula is C19H40O4Si3. The number of hydrogen-bond donors (Lipinski definition) is 1. The molecule has 0 aromatic rings. The number of aliphatic hydroxyl groups is 1. The lowest BCUT2D eigenvalue weighted by Gasteiger charge is -2.34. The second-order valence-electron chi connectivity index (χ2n) is 9.78. The van der Waals surface area contributed by atoms with E-state index in [2.05, 4.69) is 39.3 Å². The van der Waals surface area contributed by atoms with Gasteiger partial charge in [-0.1, -0.05) is 38.7 Å². The van der Waals surface area contributed by atoms with E-state index in [0.717, 1.165) is 25.7 Å². The summed E-state index contributed by atoms with van der Waals surface area (Å²) in [6.45, 7) is 17.2. The molecule has 26 heavy (non-hydrogen) atoms. The summed E-state index contributed by atoms with van der Waals surface area (Å²) >= 11 is 0. The van der Waals surface area contributed by atoms with Crippen molar-refractivity contribution in [2.45, 2.75) is 95.7 Å². The van der Waals surface area contributed by atoms with Crippen LogP contribution in [0.3, 0.4) is 0 Å². The number of hydrogen-bond acceptors (Lipinski definition) is 4. The number of aliphatic hydroxyl groups excluding tert-OH is 1. The molecule has 152 valence electrons. The van der Waals surface area contributed by atoms with Crippen LogP contribution in [0.1, 0.15) is 32.6 Å². The van der Waals surface area contributed by atoms with Gasteiger partial charge in [-0.2, -0.15) is 0 Å². The van der Waals surface area contributed by atoms with Crippen LogP contribution in [-0.2, 0) is 13.6 Å². The number of esters is 1. The average molecular weight is 417 g/mol. The Morgan fingerprint density at radius 2 is 1.85 bits per heavy atom. The lowest BCUT2D eigenvalue weighted by atomic mass is 9.84. The largest absolute Gasteiger partial charge is 0.460 e. The van der Waals surface area contributed by atoms with Gasteiger partial charge in [0.2, 0.25) is 0 Å². The number of carbonyl (C=O) groups is 1. The predicted molar refractivity (Wildman–Crippen MR) is 118 cm³/mol. The number of carbonyl (C=O) groups excluding carboxylic acids is 1. The Morgan fingerprint density at radius 3 is 2.38 bits per heavy atom. The molecular weight excluding hydrogens is 376 g/mol. The van der Waals surface area contributed by atoms with Gasteiger partial charge in [-0.25, -0.2) is 4.79 Å². The first-order valence-corrected chi connectivity index (χ1v) is 18.5. The first-order valence-electron chi connectivity index (χ1n) is 10.1. The van der Waals surface area contributed by atoms with Crippen molar-refractivity contribution in [3.63, 3.8) is 0 Å². The Morgan fingerprint density at radius 1 is 1.19 bits per heavy atom. The van der Waals surface area contributed by atoms with Gasteiger partial charge in [0.05, 0.1) is 6.10 Å². The summed E-state index contributed by atoms with van der Waals surface area (Å²) in [6, 6.07) is 3.88. The highest BCUT2D eigenvalue weighted by molar-refractivity contribution is 6.77. The summed E-state index contributed by atoms with van der Waals surface area (Å²) in [6.07, 6.45) is 2.70. The zero-order valence-corrected chi connectivity index (χ0v) is 21.2. The van der Waals surface area contributed by atoms with Gasteiger partial charge in [0.1, 0.15) is 15.9 Å². The van der Waals surface area contributed by atoms with Gasteiger partial charge in [0.15, 0.2) is 8.32 Å². The summed E-state index contributed by atoms with van der Waals surface area (Å²) in [5.74, 6) is 0.126. The van der Waals surface area contributed by atoms with Crippen molar-refractivity contribution in [1.82, 2.24) is 0 Å². The molecule has 0 aromatic carbocycles. The summed E-state index contributed by atoms with van der Waals surface area (Å²) < 4.78 is 11.8. The topological polar surface area (TPSA) is 55.8 Å². The summed E-state index contributed by atoms with van der Waals surface area (Å²) in [5, 5.41) is 10.3. The van der Waals surface area contributed by atoms with Crippen molar-refractivity contribution in [3.05, 3.63) is 12.2 Å². The summed E-state index contributed by atoms with van der Waals surface area (Å²) in [7, 11) is -2.88. The van der Waals surface area contributed by atoms with Crippen LogP contribution in [-0.4, -0.2) is 49.4 Å². The molecule has 0 aromatic heterocycles. The SMILES string of the molecule is C=C(C)C(=O)OC1CCC(CC[Si](C)(C)O[SiH2]CC[Si](C)(C)C)CC1O. The zero-order valence-electron chi connectivity index (χ0n) is 17.8. The lowest BCUT2D eigenvalue weighted by molar-refractivity contribution is -0.154. The van der Waals surface area contributed by atoms with Crippen LogP contribution in [0, 0.1) is 5.92 Å². The molecule has 1 fully saturated rings. The molecule has 1 saturated carbocycles. The van der Waals surface area contributed by atoms with E-state index in [9.17, 15) is 9.90 Å². The maximum atomic E-state index is 11.6. The van der Waals surface area contributed by atoms with Crippen LogP contribution >= 0.6 is 0 Å². The Hall–Kier alpha value is -0.219. The monoisotopic (exact) mass is 416 g/mol. The minimum absolute atomic E-state index is 0.370. The molecule has 4 nitrogen and oxygen atoms in total. The molecule has 0 aliphatic heterocycles. The number of ether oxygens (including phenoxy) is 1. The van der Waals surface area contributed by atoms with Crippen molar-refractivity contribution >= 4 is 32.1 Å². The van der Waals surface area contributed by atoms with Gasteiger partial charge in [0, 0.05) is 13.6 Å². The quantitative estimate of drug-likeness (QED) is 0.252. The molecule has 3 unspecified atom stereocenters. The van der Waals surface area contributed by atoms with Gasteiger partial charge in [0.25, 0.3) is 0 Å². The van der Waals surface area contributed by atoms with Gasteiger partial charge in [-0.05, 0) is 57.3 Å². The van der Waals surface area contributed by atoms with E-state index in [1.54, 1.807) is 6.92 Å². The molecule has 0 amide bonds. The van der Waals surface area contributed by atoms with Crippen molar-refractivity contribution in [3.8, 4) is 0 Å². The van der Waals surface area contributed by atoms with Crippen LogP contribution in [0.2, 0.25) is 50.9 Å². The van der Waals surface area contributed by atoms with Crippen molar-refractivity contribution in [1.29, 1.82) is 0 Å².